The van der Waals surface area contributed by atoms with E-state index in [1.807, 2.05) is 13.0 Å². The summed E-state index contributed by atoms with van der Waals surface area (Å²) in [6, 6.07) is 0. The molecule has 0 saturated heterocycles. The Hall–Kier alpha value is -0.820. The lowest BCUT2D eigenvalue weighted by Crippen LogP contribution is -2.27. The Morgan fingerprint density at radius 3 is 2.81 bits per heavy atom. The summed E-state index contributed by atoms with van der Waals surface area (Å²) in [6.07, 6.45) is 9.88. The van der Waals surface area contributed by atoms with Gasteiger partial charge in [-0.25, -0.2) is 0 Å². The van der Waals surface area contributed by atoms with Gasteiger partial charge in [0, 0.05) is 5.92 Å². The molecule has 0 aliphatic heterocycles. The summed E-state index contributed by atoms with van der Waals surface area (Å²) in [5.74, 6) is 0.475. The van der Waals surface area contributed by atoms with Gasteiger partial charge in [0.15, 0.2) is 0 Å². The van der Waals surface area contributed by atoms with Crippen LogP contribution in [0.15, 0.2) is 36.0 Å². The van der Waals surface area contributed by atoms with Crippen molar-refractivity contribution in [1.29, 1.82) is 0 Å². The van der Waals surface area contributed by atoms with E-state index in [0.717, 1.165) is 12.0 Å². The fourth-order valence-corrected chi connectivity index (χ4v) is 2.49. The summed E-state index contributed by atoms with van der Waals surface area (Å²) in [5.41, 5.74) is 2.80. The summed E-state index contributed by atoms with van der Waals surface area (Å²) in [7, 11) is 0. The van der Waals surface area contributed by atoms with Crippen LogP contribution < -0.4 is 0 Å². The summed E-state index contributed by atoms with van der Waals surface area (Å²) in [6.45, 7) is 11.0. The average molecular weight is 220 g/mol. The van der Waals surface area contributed by atoms with Gasteiger partial charge < -0.3 is 5.11 Å². The molecule has 16 heavy (non-hydrogen) atoms. The number of rotatable bonds is 3. The molecule has 0 radical (unpaired) electrons. The zero-order chi connectivity index (χ0) is 12.2. The average Bonchev–Trinajstić information content (AvgIpc) is 2.16. The molecular formula is C15H24O. The van der Waals surface area contributed by atoms with Crippen LogP contribution in [0.25, 0.3) is 0 Å². The largest absolute Gasteiger partial charge is 0.392 e. The van der Waals surface area contributed by atoms with E-state index >= 15 is 0 Å². The topological polar surface area (TPSA) is 20.2 Å². The zero-order valence-corrected chi connectivity index (χ0v) is 10.8. The van der Waals surface area contributed by atoms with Gasteiger partial charge in [0.2, 0.25) is 0 Å². The second-order valence-electron chi connectivity index (χ2n) is 5.47. The highest BCUT2D eigenvalue weighted by molar-refractivity contribution is 5.23. The minimum atomic E-state index is 0.116. The quantitative estimate of drug-likeness (QED) is 0.565. The molecule has 1 rings (SSSR count). The smallest absolute Gasteiger partial charge is 0.0617 e. The number of allylic oxidation sites excluding steroid dienone is 4. The van der Waals surface area contributed by atoms with Gasteiger partial charge in [0.25, 0.3) is 0 Å². The number of hydrogen-bond acceptors (Lipinski definition) is 1. The second-order valence-corrected chi connectivity index (χ2v) is 5.47. The first-order valence-electron chi connectivity index (χ1n) is 6.11. The molecule has 0 aromatic heterocycles. The molecule has 1 fully saturated rings. The van der Waals surface area contributed by atoms with Gasteiger partial charge >= 0.3 is 0 Å². The first-order valence-corrected chi connectivity index (χ1v) is 6.11. The fourth-order valence-electron chi connectivity index (χ4n) is 2.49. The van der Waals surface area contributed by atoms with Crippen LogP contribution in [-0.4, -0.2) is 11.7 Å². The van der Waals surface area contributed by atoms with E-state index in [1.165, 1.54) is 18.4 Å². The van der Waals surface area contributed by atoms with Gasteiger partial charge in [-0.15, -0.1) is 0 Å². The first-order chi connectivity index (χ1) is 7.47. The molecule has 1 aliphatic carbocycles. The second kappa shape index (κ2) is 5.49. The van der Waals surface area contributed by atoms with Crippen molar-refractivity contribution >= 4 is 0 Å². The van der Waals surface area contributed by atoms with E-state index in [9.17, 15) is 0 Å². The van der Waals surface area contributed by atoms with Crippen molar-refractivity contribution in [3.05, 3.63) is 36.0 Å². The maximum Gasteiger partial charge on any atom is 0.0617 e. The molecule has 90 valence electrons. The standard InChI is InChI=1S/C15H24O/c1-12(9-11-16)7-8-14-13(2)6-5-10-15(14,3)4/h7-9,14,16H,2,5-6,10-11H2,1,3-4H3/b8-7+,12-9-/t14-/m0/s1. The third kappa shape index (κ3) is 3.34. The third-order valence-corrected chi connectivity index (χ3v) is 3.57. The lowest BCUT2D eigenvalue weighted by molar-refractivity contribution is 0.228. The molecule has 0 aromatic rings. The van der Waals surface area contributed by atoms with Crippen molar-refractivity contribution in [2.75, 3.05) is 6.61 Å². The summed E-state index contributed by atoms with van der Waals surface area (Å²) in [5, 5.41) is 8.80. The predicted molar refractivity (Wildman–Crippen MR) is 70.2 cm³/mol. The van der Waals surface area contributed by atoms with Crippen molar-refractivity contribution < 1.29 is 5.11 Å². The normalized spacial score (nSPS) is 26.4. The van der Waals surface area contributed by atoms with E-state index in [-0.39, 0.29) is 6.61 Å². The van der Waals surface area contributed by atoms with Crippen LogP contribution in [0.5, 0.6) is 0 Å². The molecule has 0 spiro atoms. The Kier molecular flexibility index (Phi) is 4.55. The van der Waals surface area contributed by atoms with Gasteiger partial charge in [-0.2, -0.15) is 0 Å². The summed E-state index contributed by atoms with van der Waals surface area (Å²) >= 11 is 0. The molecule has 1 nitrogen and oxygen atoms in total. The van der Waals surface area contributed by atoms with Crippen molar-refractivity contribution in [3.8, 4) is 0 Å². The first kappa shape index (κ1) is 13.2. The predicted octanol–water partition coefficient (Wildman–Crippen LogP) is 3.86. The van der Waals surface area contributed by atoms with Crippen molar-refractivity contribution in [2.45, 2.75) is 40.0 Å². The fraction of sp³-hybridized carbons (Fsp3) is 0.600. The maximum absolute atomic E-state index is 8.80. The van der Waals surface area contributed by atoms with E-state index in [4.69, 9.17) is 5.11 Å². The van der Waals surface area contributed by atoms with E-state index < -0.39 is 0 Å². The highest BCUT2D eigenvalue weighted by Crippen LogP contribution is 2.43. The van der Waals surface area contributed by atoms with Gasteiger partial charge in [-0.1, -0.05) is 49.8 Å². The van der Waals surface area contributed by atoms with Crippen LogP contribution in [0.3, 0.4) is 0 Å². The van der Waals surface area contributed by atoms with Gasteiger partial charge in [0.1, 0.15) is 0 Å². The molecule has 1 heteroatoms. The molecule has 1 saturated carbocycles. The van der Waals surface area contributed by atoms with Crippen LogP contribution in [0.1, 0.15) is 40.0 Å². The highest BCUT2D eigenvalue weighted by atomic mass is 16.2. The Labute approximate surface area is 99.6 Å². The van der Waals surface area contributed by atoms with Gasteiger partial charge in [-0.3, -0.25) is 0 Å². The highest BCUT2D eigenvalue weighted by Gasteiger charge is 2.32. The molecule has 0 bridgehead atoms. The molecule has 1 N–H and O–H groups in total. The molecule has 1 atom stereocenters. The Morgan fingerprint density at radius 2 is 2.25 bits per heavy atom. The minimum absolute atomic E-state index is 0.116. The number of aliphatic hydroxyl groups is 1. The van der Waals surface area contributed by atoms with Gasteiger partial charge in [-0.05, 0) is 31.6 Å². The van der Waals surface area contributed by atoms with E-state index in [2.05, 4.69) is 32.6 Å². The van der Waals surface area contributed by atoms with Crippen LogP contribution in [0.4, 0.5) is 0 Å². The number of aliphatic hydroxyl groups excluding tert-OH is 1. The van der Waals surface area contributed by atoms with Crippen LogP contribution in [-0.2, 0) is 0 Å². The van der Waals surface area contributed by atoms with E-state index in [0.29, 0.717) is 11.3 Å². The van der Waals surface area contributed by atoms with E-state index in [1.54, 1.807) is 0 Å². The molecule has 0 aromatic carbocycles. The molecular weight excluding hydrogens is 196 g/mol. The Bertz CT molecular complexity index is 307. The van der Waals surface area contributed by atoms with Crippen LogP contribution in [0.2, 0.25) is 0 Å². The molecule has 0 amide bonds. The SMILES string of the molecule is C=C1CCCC(C)(C)[C@H]1/C=C/C(C)=C\CO. The van der Waals surface area contributed by atoms with Gasteiger partial charge in [0.05, 0.1) is 6.61 Å². The monoisotopic (exact) mass is 220 g/mol. The molecule has 0 heterocycles. The summed E-state index contributed by atoms with van der Waals surface area (Å²) < 4.78 is 0. The van der Waals surface area contributed by atoms with Crippen molar-refractivity contribution in [3.63, 3.8) is 0 Å². The molecule has 0 unspecified atom stereocenters. The lowest BCUT2D eigenvalue weighted by atomic mass is 9.66. The maximum atomic E-state index is 8.80. The lowest BCUT2D eigenvalue weighted by Gasteiger charge is -2.38. The number of hydrogen-bond donors (Lipinski definition) is 1. The van der Waals surface area contributed by atoms with Crippen molar-refractivity contribution in [1.82, 2.24) is 0 Å². The minimum Gasteiger partial charge on any atom is -0.392 e. The zero-order valence-electron chi connectivity index (χ0n) is 10.8. The van der Waals surface area contributed by atoms with Crippen LogP contribution >= 0.6 is 0 Å². The third-order valence-electron chi connectivity index (χ3n) is 3.57. The van der Waals surface area contributed by atoms with Crippen molar-refractivity contribution in [2.24, 2.45) is 11.3 Å². The Morgan fingerprint density at radius 1 is 1.56 bits per heavy atom. The molecule has 1 aliphatic rings. The Balaban J connectivity index is 2.77. The van der Waals surface area contributed by atoms with Crippen LogP contribution in [0, 0.1) is 11.3 Å². The summed E-state index contributed by atoms with van der Waals surface area (Å²) in [4.78, 5) is 0.